The summed E-state index contributed by atoms with van der Waals surface area (Å²) in [6.07, 6.45) is -0.335. The molecule has 110 valence electrons. The van der Waals surface area contributed by atoms with Crippen molar-refractivity contribution >= 4 is 11.9 Å². The molecule has 1 atom stereocenters. The largest absolute Gasteiger partial charge is 0.481 e. The van der Waals surface area contributed by atoms with Crippen LogP contribution in [0.15, 0.2) is 18.2 Å². The van der Waals surface area contributed by atoms with Crippen LogP contribution in [-0.2, 0) is 4.79 Å². The maximum atomic E-state index is 13.0. The molecule has 1 unspecified atom stereocenters. The highest BCUT2D eigenvalue weighted by molar-refractivity contribution is 5.97. The van der Waals surface area contributed by atoms with E-state index in [2.05, 4.69) is 10.1 Å². The van der Waals surface area contributed by atoms with Crippen molar-refractivity contribution in [3.63, 3.8) is 0 Å². The molecule has 0 aliphatic carbocycles. The lowest BCUT2D eigenvalue weighted by Crippen LogP contribution is -2.34. The Morgan fingerprint density at radius 1 is 1.40 bits per heavy atom. The first-order valence-corrected chi connectivity index (χ1v) is 5.56. The number of carboxylic acid groups (broad SMARTS) is 1. The zero-order chi connectivity index (χ0) is 15.3. The van der Waals surface area contributed by atoms with E-state index in [1.807, 2.05) is 0 Å². The van der Waals surface area contributed by atoms with Crippen LogP contribution in [0.1, 0.15) is 23.7 Å². The molecule has 1 amide bonds. The van der Waals surface area contributed by atoms with Gasteiger partial charge in [0.05, 0.1) is 12.0 Å². The van der Waals surface area contributed by atoms with E-state index in [0.29, 0.717) is 6.07 Å². The number of alkyl halides is 2. The van der Waals surface area contributed by atoms with Crippen LogP contribution < -0.4 is 10.1 Å². The van der Waals surface area contributed by atoms with Gasteiger partial charge < -0.3 is 15.2 Å². The summed E-state index contributed by atoms with van der Waals surface area (Å²) in [7, 11) is 0. The van der Waals surface area contributed by atoms with E-state index in [1.165, 1.54) is 6.92 Å². The van der Waals surface area contributed by atoms with Gasteiger partial charge in [-0.15, -0.1) is 0 Å². The van der Waals surface area contributed by atoms with Crippen LogP contribution in [0.2, 0.25) is 0 Å². The SMILES string of the molecule is CC(CC(=O)O)NC(=O)c1ccc(F)cc1OC(F)F. The first-order valence-electron chi connectivity index (χ1n) is 5.56. The number of hydrogen-bond acceptors (Lipinski definition) is 3. The lowest BCUT2D eigenvalue weighted by atomic mass is 10.1. The van der Waals surface area contributed by atoms with Gasteiger partial charge in [-0.05, 0) is 19.1 Å². The number of carboxylic acids is 1. The number of aliphatic carboxylic acids is 1. The monoisotopic (exact) mass is 291 g/mol. The number of carbonyl (C=O) groups excluding carboxylic acids is 1. The number of carbonyl (C=O) groups is 2. The summed E-state index contributed by atoms with van der Waals surface area (Å²) < 4.78 is 41.4. The van der Waals surface area contributed by atoms with Crippen LogP contribution in [0.4, 0.5) is 13.2 Å². The highest BCUT2D eigenvalue weighted by atomic mass is 19.3. The van der Waals surface area contributed by atoms with E-state index >= 15 is 0 Å². The molecule has 20 heavy (non-hydrogen) atoms. The Bertz CT molecular complexity index is 507. The summed E-state index contributed by atoms with van der Waals surface area (Å²) in [5.41, 5.74) is -0.302. The third-order valence-electron chi connectivity index (χ3n) is 2.26. The Balaban J connectivity index is 2.89. The predicted molar refractivity (Wildman–Crippen MR) is 62.2 cm³/mol. The van der Waals surface area contributed by atoms with Crippen LogP contribution in [0.5, 0.6) is 5.75 Å². The van der Waals surface area contributed by atoms with Crippen molar-refractivity contribution in [1.82, 2.24) is 5.32 Å². The standard InChI is InChI=1S/C12H12F3NO4/c1-6(4-10(17)18)16-11(19)8-3-2-7(13)5-9(8)20-12(14)15/h2-3,5-6,12H,4H2,1H3,(H,16,19)(H,17,18). The highest BCUT2D eigenvalue weighted by Gasteiger charge is 2.19. The van der Waals surface area contributed by atoms with Crippen LogP contribution in [0.3, 0.4) is 0 Å². The molecule has 0 bridgehead atoms. The molecule has 0 fully saturated rings. The maximum Gasteiger partial charge on any atom is 0.387 e. The van der Waals surface area contributed by atoms with E-state index in [9.17, 15) is 22.8 Å². The number of rotatable bonds is 6. The molecule has 1 rings (SSSR count). The van der Waals surface area contributed by atoms with E-state index in [0.717, 1.165) is 12.1 Å². The van der Waals surface area contributed by atoms with Gasteiger partial charge in [0, 0.05) is 12.1 Å². The first kappa shape index (κ1) is 15.8. The summed E-state index contributed by atoms with van der Waals surface area (Å²) in [5, 5.41) is 10.8. The van der Waals surface area contributed by atoms with Gasteiger partial charge in [0.25, 0.3) is 5.91 Å². The van der Waals surface area contributed by atoms with Gasteiger partial charge in [-0.3, -0.25) is 9.59 Å². The van der Waals surface area contributed by atoms with Crippen molar-refractivity contribution in [3.8, 4) is 5.75 Å². The number of halogens is 3. The highest BCUT2D eigenvalue weighted by Crippen LogP contribution is 2.22. The third-order valence-corrected chi connectivity index (χ3v) is 2.26. The van der Waals surface area contributed by atoms with Crippen molar-refractivity contribution in [1.29, 1.82) is 0 Å². The first-order chi connectivity index (χ1) is 9.29. The second kappa shape index (κ2) is 6.78. The normalized spacial score (nSPS) is 12.1. The Morgan fingerprint density at radius 2 is 2.05 bits per heavy atom. The van der Waals surface area contributed by atoms with Crippen LogP contribution in [0, 0.1) is 5.82 Å². The molecule has 0 heterocycles. The molecule has 5 nitrogen and oxygen atoms in total. The third kappa shape index (κ3) is 4.79. The van der Waals surface area contributed by atoms with Crippen LogP contribution in [0.25, 0.3) is 0 Å². The molecule has 0 aliphatic rings. The fraction of sp³-hybridized carbons (Fsp3) is 0.333. The Kier molecular flexibility index (Phi) is 5.36. The maximum absolute atomic E-state index is 13.0. The summed E-state index contributed by atoms with van der Waals surface area (Å²) in [6, 6.07) is 1.83. The minimum atomic E-state index is -3.21. The lowest BCUT2D eigenvalue weighted by Gasteiger charge is -2.14. The van der Waals surface area contributed by atoms with Gasteiger partial charge in [0.2, 0.25) is 0 Å². The van der Waals surface area contributed by atoms with Gasteiger partial charge in [0.1, 0.15) is 11.6 Å². The van der Waals surface area contributed by atoms with Gasteiger partial charge in [-0.2, -0.15) is 8.78 Å². The van der Waals surface area contributed by atoms with E-state index < -0.39 is 36.1 Å². The average Bonchev–Trinajstić information content (AvgIpc) is 2.26. The zero-order valence-corrected chi connectivity index (χ0v) is 10.4. The molecule has 0 radical (unpaired) electrons. The Hall–Kier alpha value is -2.25. The Morgan fingerprint density at radius 3 is 2.60 bits per heavy atom. The van der Waals surface area contributed by atoms with E-state index in [1.54, 1.807) is 0 Å². The number of amides is 1. The van der Waals surface area contributed by atoms with Crippen molar-refractivity contribution in [3.05, 3.63) is 29.6 Å². The molecule has 0 spiro atoms. The topological polar surface area (TPSA) is 75.6 Å². The Labute approximate surface area is 112 Å². The van der Waals surface area contributed by atoms with E-state index in [-0.39, 0.29) is 12.0 Å². The zero-order valence-electron chi connectivity index (χ0n) is 10.4. The van der Waals surface area contributed by atoms with E-state index in [4.69, 9.17) is 5.11 Å². The molecule has 1 aromatic rings. The van der Waals surface area contributed by atoms with Crippen molar-refractivity contribution in [2.24, 2.45) is 0 Å². The summed E-state index contributed by atoms with van der Waals surface area (Å²) >= 11 is 0. The van der Waals surface area contributed by atoms with Gasteiger partial charge in [0.15, 0.2) is 0 Å². The van der Waals surface area contributed by atoms with Gasteiger partial charge >= 0.3 is 12.6 Å². The number of hydrogen-bond donors (Lipinski definition) is 2. The lowest BCUT2D eigenvalue weighted by molar-refractivity contribution is -0.137. The molecule has 0 aliphatic heterocycles. The number of benzene rings is 1. The molecular weight excluding hydrogens is 279 g/mol. The second-order valence-electron chi connectivity index (χ2n) is 3.99. The fourth-order valence-corrected chi connectivity index (χ4v) is 1.49. The van der Waals surface area contributed by atoms with Crippen molar-refractivity contribution in [2.45, 2.75) is 26.0 Å². The minimum absolute atomic E-state index is 0.302. The molecule has 2 N–H and O–H groups in total. The average molecular weight is 291 g/mol. The molecule has 0 saturated heterocycles. The fourth-order valence-electron chi connectivity index (χ4n) is 1.49. The molecule has 8 heteroatoms. The molecular formula is C12H12F3NO4. The molecule has 0 aromatic heterocycles. The quantitative estimate of drug-likeness (QED) is 0.840. The van der Waals surface area contributed by atoms with Gasteiger partial charge in [-0.1, -0.05) is 0 Å². The molecule has 0 saturated carbocycles. The van der Waals surface area contributed by atoms with Crippen LogP contribution >= 0.6 is 0 Å². The smallest absolute Gasteiger partial charge is 0.387 e. The summed E-state index contributed by atoms with van der Waals surface area (Å²) in [5.74, 6) is -3.40. The summed E-state index contributed by atoms with van der Waals surface area (Å²) in [4.78, 5) is 22.3. The molecule has 1 aromatic carbocycles. The summed E-state index contributed by atoms with van der Waals surface area (Å²) in [6.45, 7) is -1.77. The van der Waals surface area contributed by atoms with Crippen LogP contribution in [-0.4, -0.2) is 29.6 Å². The van der Waals surface area contributed by atoms with Gasteiger partial charge in [-0.25, -0.2) is 4.39 Å². The predicted octanol–water partition coefficient (Wildman–Crippen LogP) is 2.02. The second-order valence-corrected chi connectivity index (χ2v) is 3.99. The van der Waals surface area contributed by atoms with Crippen molar-refractivity contribution in [2.75, 3.05) is 0 Å². The number of nitrogens with one attached hydrogen (secondary N) is 1. The number of ether oxygens (including phenoxy) is 1. The van der Waals surface area contributed by atoms with Crippen molar-refractivity contribution < 1.29 is 32.6 Å². The minimum Gasteiger partial charge on any atom is -0.481 e.